The van der Waals surface area contributed by atoms with E-state index in [1.807, 2.05) is 0 Å². The molecule has 0 amide bonds. The van der Waals surface area contributed by atoms with Gasteiger partial charge in [-0.05, 0) is 42.7 Å². The first-order valence-corrected chi connectivity index (χ1v) is 14.0. The lowest BCUT2D eigenvalue weighted by atomic mass is 10.1. The van der Waals surface area contributed by atoms with Crippen molar-refractivity contribution in [2.24, 2.45) is 0 Å². The molecule has 0 aliphatic heterocycles. The Morgan fingerprint density at radius 1 is 1.06 bits per heavy atom. The molecule has 0 bridgehead atoms. The van der Waals surface area contributed by atoms with Gasteiger partial charge in [0.05, 0.1) is 20.4 Å². The number of carbonyl (C=O) groups excluding carboxylic acids is 1. The molecule has 0 aliphatic rings. The van der Waals surface area contributed by atoms with E-state index in [-0.39, 0.29) is 38.1 Å². The number of nitrogens with zero attached hydrogens (tertiary/aromatic N) is 1. The number of aromatic nitrogens is 1. The Morgan fingerprint density at radius 3 is 2.44 bits per heavy atom. The zero-order valence-corrected chi connectivity index (χ0v) is 21.6. The van der Waals surface area contributed by atoms with Gasteiger partial charge in [0.2, 0.25) is 0 Å². The maximum absolute atomic E-state index is 15.6. The van der Waals surface area contributed by atoms with Gasteiger partial charge in [0.25, 0.3) is 10.0 Å². The first-order valence-electron chi connectivity index (χ1n) is 10.5. The van der Waals surface area contributed by atoms with Crippen molar-refractivity contribution < 1.29 is 26.7 Å². The Kier molecular flexibility index (Phi) is 7.53. The summed E-state index contributed by atoms with van der Waals surface area (Å²) in [6.07, 6.45) is 2.98. The minimum Gasteiger partial charge on any atom is -0.461 e. The van der Waals surface area contributed by atoms with E-state index < -0.39 is 27.6 Å². The van der Waals surface area contributed by atoms with Gasteiger partial charge in [-0.15, -0.1) is 11.8 Å². The lowest BCUT2D eigenvalue weighted by Crippen LogP contribution is -2.12. The van der Waals surface area contributed by atoms with Crippen LogP contribution in [0.1, 0.15) is 18.1 Å². The minimum absolute atomic E-state index is 0.0224. The predicted molar refractivity (Wildman–Crippen MR) is 137 cm³/mol. The summed E-state index contributed by atoms with van der Waals surface area (Å²) in [5, 5.41) is 8.37. The van der Waals surface area contributed by atoms with E-state index in [2.05, 4.69) is 0 Å². The Bertz CT molecular complexity index is 1590. The fourth-order valence-corrected chi connectivity index (χ4v) is 6.32. The molecule has 0 radical (unpaired) electrons. The Hall–Kier alpha value is -3.15. The molecule has 0 unspecified atom stereocenters. The summed E-state index contributed by atoms with van der Waals surface area (Å²) >= 11 is 2.05. The van der Waals surface area contributed by atoms with Crippen molar-refractivity contribution in [2.45, 2.75) is 28.2 Å². The van der Waals surface area contributed by atoms with Crippen molar-refractivity contribution in [3.8, 4) is 0 Å². The molecule has 11 heteroatoms. The molecule has 4 rings (SSSR count). The lowest BCUT2D eigenvalue weighted by molar-refractivity contribution is -0.142. The molecule has 1 heterocycles. The average molecular weight is 547 g/mol. The third-order valence-electron chi connectivity index (χ3n) is 5.30. The van der Waals surface area contributed by atoms with Crippen LogP contribution in [0.3, 0.4) is 0 Å². The van der Waals surface area contributed by atoms with Gasteiger partial charge < -0.3 is 4.74 Å². The van der Waals surface area contributed by atoms with Gasteiger partial charge in [-0.2, -0.15) is 0 Å². The molecule has 0 aliphatic carbocycles. The second-order valence-electron chi connectivity index (χ2n) is 7.59. The predicted octanol–water partition coefficient (Wildman–Crippen LogP) is 6.06. The normalized spacial score (nSPS) is 11.6. The smallest absolute Gasteiger partial charge is 0.302 e. The van der Waals surface area contributed by atoms with E-state index in [0.29, 0.717) is 10.3 Å². The minimum atomic E-state index is -4.01. The number of carbonyl (C=O) groups is 1. The van der Waals surface area contributed by atoms with E-state index in [1.54, 1.807) is 24.5 Å². The maximum atomic E-state index is 15.6. The summed E-state index contributed by atoms with van der Waals surface area (Å²) < 4.78 is 62.4. The highest BCUT2D eigenvalue weighted by Gasteiger charge is 2.24. The van der Waals surface area contributed by atoms with E-state index in [1.165, 1.54) is 49.5 Å². The van der Waals surface area contributed by atoms with Gasteiger partial charge >= 0.3 is 5.97 Å². The molecule has 4 aromatic rings. The summed E-state index contributed by atoms with van der Waals surface area (Å²) in [5.74, 6) is -1.89. The van der Waals surface area contributed by atoms with Crippen LogP contribution in [0.15, 0.2) is 81.5 Å². The van der Waals surface area contributed by atoms with Crippen LogP contribution >= 0.6 is 23.5 Å². The van der Waals surface area contributed by atoms with E-state index in [0.717, 1.165) is 33.6 Å². The SMILES string of the molecule is CSC(=N)c1cc(Sc2c(F)cc3c(ccn3S(=O)(=O)c3ccccc3)c2COC(C)=O)ccc1F. The molecule has 0 saturated carbocycles. The molecule has 1 N–H and O–H groups in total. The number of ether oxygens (including phenoxy) is 1. The summed E-state index contributed by atoms with van der Waals surface area (Å²) in [4.78, 5) is 12.2. The summed E-state index contributed by atoms with van der Waals surface area (Å²) in [6.45, 7) is 0.921. The molecule has 1 aromatic heterocycles. The van der Waals surface area contributed by atoms with Crippen LogP contribution in [-0.4, -0.2) is 29.7 Å². The second kappa shape index (κ2) is 10.5. The third-order valence-corrected chi connectivity index (χ3v) is 8.76. The fourth-order valence-electron chi connectivity index (χ4n) is 3.59. The zero-order valence-electron chi connectivity index (χ0n) is 19.1. The first kappa shape index (κ1) is 25.9. The number of nitrogens with one attached hydrogen (secondary N) is 1. The fraction of sp³-hybridized carbons (Fsp3) is 0.120. The van der Waals surface area contributed by atoms with Gasteiger partial charge in [0.15, 0.2) is 0 Å². The monoisotopic (exact) mass is 546 g/mol. The number of halogens is 2. The molecule has 36 heavy (non-hydrogen) atoms. The standard InChI is InChI=1S/C25H20F2N2O4S3/c1-15(30)33-14-20-18-10-11-29(36(31,32)17-6-4-3-5-7-17)23(18)13-22(27)24(20)35-16-8-9-21(26)19(12-16)25(28)34-2/h3-13,28H,14H2,1-2H3. The van der Waals surface area contributed by atoms with Crippen LogP contribution in [-0.2, 0) is 26.2 Å². The Morgan fingerprint density at radius 2 is 1.78 bits per heavy atom. The van der Waals surface area contributed by atoms with Crippen molar-refractivity contribution >= 4 is 55.5 Å². The molecule has 0 atom stereocenters. The van der Waals surface area contributed by atoms with Gasteiger partial charge in [-0.1, -0.05) is 30.0 Å². The number of thioether (sulfide) groups is 1. The van der Waals surface area contributed by atoms with Gasteiger partial charge in [-0.3, -0.25) is 10.2 Å². The van der Waals surface area contributed by atoms with Crippen molar-refractivity contribution in [2.75, 3.05) is 6.26 Å². The molecule has 6 nitrogen and oxygen atoms in total. The van der Waals surface area contributed by atoms with Crippen molar-refractivity contribution in [1.29, 1.82) is 5.41 Å². The largest absolute Gasteiger partial charge is 0.461 e. The van der Waals surface area contributed by atoms with Crippen LogP contribution in [0.5, 0.6) is 0 Å². The molecule has 3 aromatic carbocycles. The van der Waals surface area contributed by atoms with Crippen molar-refractivity contribution in [3.05, 3.63) is 89.6 Å². The third kappa shape index (κ3) is 5.04. The number of hydrogen-bond donors (Lipinski definition) is 1. The highest BCUT2D eigenvalue weighted by Crippen LogP contribution is 2.39. The highest BCUT2D eigenvalue weighted by molar-refractivity contribution is 8.13. The Balaban J connectivity index is 1.87. The highest BCUT2D eigenvalue weighted by atomic mass is 32.2. The van der Waals surface area contributed by atoms with Crippen LogP contribution in [0.4, 0.5) is 8.78 Å². The topological polar surface area (TPSA) is 89.2 Å². The number of esters is 1. The summed E-state index contributed by atoms with van der Waals surface area (Å²) in [7, 11) is -4.01. The second-order valence-corrected chi connectivity index (χ2v) is 11.3. The quantitative estimate of drug-likeness (QED) is 0.172. The van der Waals surface area contributed by atoms with Gasteiger partial charge in [0.1, 0.15) is 18.2 Å². The van der Waals surface area contributed by atoms with Gasteiger partial charge in [0, 0.05) is 40.6 Å². The van der Waals surface area contributed by atoms with Crippen LogP contribution in [0.2, 0.25) is 0 Å². The number of fused-ring (bicyclic) bond motifs is 1. The molecule has 186 valence electrons. The van der Waals surface area contributed by atoms with E-state index in [4.69, 9.17) is 10.1 Å². The van der Waals surface area contributed by atoms with Crippen LogP contribution < -0.4 is 0 Å². The number of hydrogen-bond acceptors (Lipinski definition) is 7. The summed E-state index contributed by atoms with van der Waals surface area (Å²) in [6, 6.07) is 14.5. The van der Waals surface area contributed by atoms with Crippen molar-refractivity contribution in [3.63, 3.8) is 0 Å². The molecule has 0 saturated heterocycles. The molecule has 0 spiro atoms. The molecular weight excluding hydrogens is 526 g/mol. The van der Waals surface area contributed by atoms with E-state index in [9.17, 15) is 17.6 Å². The summed E-state index contributed by atoms with van der Waals surface area (Å²) in [5.41, 5.74) is 0.445. The van der Waals surface area contributed by atoms with E-state index >= 15 is 4.39 Å². The molecular formula is C25H20F2N2O4S3. The lowest BCUT2D eigenvalue weighted by Gasteiger charge is -2.15. The number of benzene rings is 3. The average Bonchev–Trinajstić information content (AvgIpc) is 3.29. The maximum Gasteiger partial charge on any atom is 0.302 e. The number of rotatable bonds is 7. The van der Waals surface area contributed by atoms with Crippen molar-refractivity contribution in [1.82, 2.24) is 3.97 Å². The van der Waals surface area contributed by atoms with Crippen LogP contribution in [0.25, 0.3) is 10.9 Å². The van der Waals surface area contributed by atoms with Gasteiger partial charge in [-0.25, -0.2) is 21.2 Å². The zero-order chi connectivity index (χ0) is 26.0. The first-order chi connectivity index (χ1) is 17.1. The van der Waals surface area contributed by atoms with Crippen LogP contribution in [0, 0.1) is 17.0 Å². The Labute approximate surface area is 215 Å². The molecule has 0 fully saturated rings.